The van der Waals surface area contributed by atoms with Crippen molar-refractivity contribution in [1.82, 2.24) is 25.1 Å². The molecule has 6 rings (SSSR count). The molecule has 2 fully saturated rings. The van der Waals surface area contributed by atoms with Crippen LogP contribution in [0.3, 0.4) is 0 Å². The number of nitrogens with zero attached hydrogens (tertiary/aromatic N) is 4. The number of aromatic nitrogens is 2. The minimum absolute atomic E-state index is 0. The van der Waals surface area contributed by atoms with Crippen molar-refractivity contribution in [2.75, 3.05) is 84.6 Å². The van der Waals surface area contributed by atoms with Crippen molar-refractivity contribution in [3.05, 3.63) is 85.8 Å². The SMILES string of the molecule is CN(C)CC1CCCC1C=O.CN(C)CC1CCCC1CNCCNc1ccnc2cc(Cl)ccc12.NCCNc1ccnc2cc(Cl)ccc12.[B].[CH-]=O.[CH-]=O.[CH-]=O.[CH-]=O.[CH-]=O.[CH-]=O.[CH3-].[CH3-].[H-].[Mn].[Mn].[Na+]. The second kappa shape index (κ2) is 57.7. The first kappa shape index (κ1) is 85.9. The van der Waals surface area contributed by atoms with Crippen LogP contribution >= 0.6 is 23.2 Å². The Labute approximate surface area is 470 Å². The van der Waals surface area contributed by atoms with Gasteiger partial charge in [-0.1, -0.05) is 36.0 Å². The van der Waals surface area contributed by atoms with Crippen molar-refractivity contribution in [2.45, 2.75) is 38.5 Å². The van der Waals surface area contributed by atoms with Crippen LogP contribution in [0.25, 0.3) is 21.8 Å². The second-order valence-corrected chi connectivity index (χ2v) is 15.2. The van der Waals surface area contributed by atoms with Gasteiger partial charge in [-0.05, 0) is 127 Å². The Hall–Kier alpha value is -2.93. The van der Waals surface area contributed by atoms with Gasteiger partial charge in [0.25, 0.3) is 0 Å². The number of nitrogens with two attached hydrogens (primary N) is 1. The number of benzene rings is 2. The monoisotopic (exact) mass is 1090 g/mol. The molecular formula is C48H71BCl2Mn2N8NaO7-8. The van der Waals surface area contributed by atoms with Crippen LogP contribution in [0.4, 0.5) is 11.4 Å². The molecule has 5 N–H and O–H groups in total. The fourth-order valence-electron chi connectivity index (χ4n) is 7.36. The third-order valence-electron chi connectivity index (χ3n) is 9.80. The van der Waals surface area contributed by atoms with Crippen molar-refractivity contribution in [2.24, 2.45) is 29.4 Å². The second-order valence-electron chi connectivity index (χ2n) is 14.4. The van der Waals surface area contributed by atoms with Gasteiger partial charge in [0.05, 0.1) is 11.0 Å². The molecule has 0 aliphatic heterocycles. The molecule has 4 atom stereocenters. The summed E-state index contributed by atoms with van der Waals surface area (Å²) in [6, 6.07) is 15.5. The van der Waals surface area contributed by atoms with E-state index in [1.165, 1.54) is 38.6 Å². The van der Waals surface area contributed by atoms with Crippen molar-refractivity contribution >= 4 is 112 Å². The fourth-order valence-corrected chi connectivity index (χ4v) is 7.70. The zero-order valence-electron chi connectivity index (χ0n) is 42.1. The molecule has 2 aromatic carbocycles. The Morgan fingerprint density at radius 1 is 0.638 bits per heavy atom. The number of hydrogen-bond acceptors (Lipinski definition) is 15. The summed E-state index contributed by atoms with van der Waals surface area (Å²) in [5.74, 6) is 2.65. The average molecular weight is 1090 g/mol. The van der Waals surface area contributed by atoms with Crippen molar-refractivity contribution in [3.8, 4) is 0 Å². The van der Waals surface area contributed by atoms with Gasteiger partial charge in [0.2, 0.25) is 0 Å². The molecular weight excluding hydrogens is 1020 g/mol. The van der Waals surface area contributed by atoms with E-state index in [0.717, 1.165) is 95.5 Å². The molecule has 2 saturated carbocycles. The van der Waals surface area contributed by atoms with E-state index in [9.17, 15) is 4.79 Å². The van der Waals surface area contributed by atoms with Gasteiger partial charge in [0, 0.05) is 132 Å². The first-order valence-corrected chi connectivity index (χ1v) is 20.6. The number of hydrogen-bond donors (Lipinski definition) is 4. The van der Waals surface area contributed by atoms with Gasteiger partial charge in [-0.25, -0.2) is 0 Å². The van der Waals surface area contributed by atoms with Gasteiger partial charge in [0.1, 0.15) is 6.29 Å². The van der Waals surface area contributed by atoms with Crippen LogP contribution in [-0.2, 0) is 67.7 Å². The fraction of sp³-hybridized carbons (Fsp3) is 0.438. The standard InChI is InChI=1S/C20H29ClN4.C11H12ClN3.C9H17NO.6CHO.2CH3.B.2Mn.Na.H/c1-25(2)14-16-5-3-4-15(16)13-22-10-11-24-19-8-9-23-20-12-17(21)6-7-18(19)20;12-8-1-2-9-10(15-6-4-13)3-5-14-11(9)7-8;1-10(2)6-8-4-3-5-9(8)7-11;6*1-2;;;;;;;/h6-9,12,15-16,22H,3-5,10-11,13-14H2,1-2H3,(H,23,24);1-3,5,7H,4,6,13H2,(H,14,15);7-9H,3-6H2,1-2H3;6*1H;2*1H3;;;;;/q;;;8*-1;;;;+1;-1. The molecule has 0 spiro atoms. The van der Waals surface area contributed by atoms with E-state index in [4.69, 9.17) is 57.7 Å². The summed E-state index contributed by atoms with van der Waals surface area (Å²) in [6.07, 6.45) is 12.5. The zero-order valence-corrected chi connectivity index (χ0v) is 47.0. The molecule has 2 aromatic heterocycles. The average Bonchev–Trinajstić information content (AvgIpc) is 3.97. The first-order valence-electron chi connectivity index (χ1n) is 19.8. The van der Waals surface area contributed by atoms with Crippen LogP contribution in [0, 0.1) is 38.5 Å². The minimum atomic E-state index is 0. The number of nitrogens with one attached hydrogen (secondary N) is 3. The van der Waals surface area contributed by atoms with Crippen LogP contribution in [0.5, 0.6) is 0 Å². The predicted molar refractivity (Wildman–Crippen MR) is 277 cm³/mol. The molecule has 0 amide bonds. The Bertz CT molecular complexity index is 1790. The summed E-state index contributed by atoms with van der Waals surface area (Å²) >= 11 is 11.9. The van der Waals surface area contributed by atoms with Crippen molar-refractivity contribution in [1.29, 1.82) is 0 Å². The van der Waals surface area contributed by atoms with Crippen LogP contribution in [0.2, 0.25) is 10.0 Å². The number of anilines is 2. The van der Waals surface area contributed by atoms with E-state index in [0.29, 0.717) is 23.4 Å². The summed E-state index contributed by atoms with van der Waals surface area (Å²) in [5, 5.41) is 14.0. The quantitative estimate of drug-likeness (QED) is 0.0618. The van der Waals surface area contributed by atoms with E-state index in [1.54, 1.807) is 6.20 Å². The van der Waals surface area contributed by atoms with E-state index in [1.807, 2.05) is 54.7 Å². The van der Waals surface area contributed by atoms with Gasteiger partial charge in [-0.2, -0.15) is 0 Å². The topological polar surface area (TPSA) is 214 Å². The zero-order chi connectivity index (χ0) is 48.6. The third kappa shape index (κ3) is 35.8. The van der Waals surface area contributed by atoms with Crippen LogP contribution < -0.4 is 51.2 Å². The summed E-state index contributed by atoms with van der Waals surface area (Å²) < 4.78 is 0. The first-order chi connectivity index (χ1) is 30.7. The van der Waals surface area contributed by atoms with E-state index < -0.39 is 0 Å². The third-order valence-corrected chi connectivity index (χ3v) is 10.3. The Balaban J connectivity index is -0.0000000874. The van der Waals surface area contributed by atoms with Gasteiger partial charge >= 0.3 is 29.6 Å². The van der Waals surface area contributed by atoms with E-state index >= 15 is 0 Å². The molecule has 69 heavy (non-hydrogen) atoms. The molecule has 2 heterocycles. The largest absolute Gasteiger partial charge is 1.00 e. The molecule has 385 valence electrons. The smallest absolute Gasteiger partial charge is 1.00 e. The number of rotatable bonds is 14. The molecule has 2 aliphatic carbocycles. The Kier molecular flexibility index (Phi) is 71.8. The molecule has 4 unspecified atom stereocenters. The van der Waals surface area contributed by atoms with Gasteiger partial charge < -0.3 is 81.3 Å². The maximum atomic E-state index is 10.6. The van der Waals surface area contributed by atoms with Gasteiger partial charge in [-0.3, -0.25) is 50.7 Å². The maximum Gasteiger partial charge on any atom is 1.00 e. The number of carbonyl (C=O) groups excluding carboxylic acids is 7. The van der Waals surface area contributed by atoms with Crippen LogP contribution in [0.15, 0.2) is 60.9 Å². The van der Waals surface area contributed by atoms with Gasteiger partial charge in [0.15, 0.2) is 0 Å². The molecule has 2 aliphatic rings. The molecule has 0 saturated heterocycles. The van der Waals surface area contributed by atoms with Crippen molar-refractivity contribution < 1.29 is 98.7 Å². The maximum absolute atomic E-state index is 10.6. The van der Waals surface area contributed by atoms with E-state index in [2.05, 4.69) is 105 Å². The van der Waals surface area contributed by atoms with Gasteiger partial charge in [-0.15, -0.1) is 0 Å². The normalized spacial score (nSPS) is 15.0. The summed E-state index contributed by atoms with van der Waals surface area (Å²) in [6.45, 7) is 26.2. The Morgan fingerprint density at radius 2 is 1.03 bits per heavy atom. The molecule has 15 nitrogen and oxygen atoms in total. The van der Waals surface area contributed by atoms with E-state index in [-0.39, 0.29) is 88.4 Å². The number of carbonyl (C=O) groups is 1. The number of fused-ring (bicyclic) bond motifs is 2. The predicted octanol–water partition coefficient (Wildman–Crippen LogP) is 3.28. The van der Waals surface area contributed by atoms with Crippen LogP contribution in [-0.4, -0.2) is 149 Å². The number of aldehydes is 1. The summed E-state index contributed by atoms with van der Waals surface area (Å²) in [7, 11) is 8.50. The number of halogens is 2. The molecule has 5 radical (unpaired) electrons. The summed E-state index contributed by atoms with van der Waals surface area (Å²) in [5.41, 5.74) is 9.44. The summed E-state index contributed by atoms with van der Waals surface area (Å²) in [4.78, 5) is 70.2. The number of pyridine rings is 2. The molecule has 0 bridgehead atoms. The minimum Gasteiger partial charge on any atom is -1.00 e. The Morgan fingerprint density at radius 3 is 1.45 bits per heavy atom. The van der Waals surface area contributed by atoms with Crippen LogP contribution in [0.1, 0.15) is 40.0 Å². The molecule has 4 aromatic rings. The van der Waals surface area contributed by atoms with Crippen molar-refractivity contribution in [3.63, 3.8) is 0 Å². The molecule has 21 heteroatoms.